The molecule has 0 radical (unpaired) electrons. The van der Waals surface area contributed by atoms with Crippen LogP contribution in [-0.4, -0.2) is 66.4 Å². The first-order valence-corrected chi connectivity index (χ1v) is 14.4. The third-order valence-electron chi connectivity index (χ3n) is 9.48. The highest BCUT2D eigenvalue weighted by Gasteiger charge is 2.60. The van der Waals surface area contributed by atoms with Gasteiger partial charge < -0.3 is 15.0 Å². The molecule has 0 spiro atoms. The van der Waals surface area contributed by atoms with E-state index in [2.05, 4.69) is 56.0 Å². The van der Waals surface area contributed by atoms with Gasteiger partial charge in [-0.05, 0) is 90.5 Å². The fraction of sp³-hybridized carbons (Fsp3) is 0.731. The number of carbonyl (C=O) groups is 1. The molecule has 4 saturated carbocycles. The van der Waals surface area contributed by atoms with E-state index in [9.17, 15) is 14.9 Å². The molecule has 5 aliphatic rings. The van der Waals surface area contributed by atoms with Crippen LogP contribution in [0.15, 0.2) is 16.9 Å². The summed E-state index contributed by atoms with van der Waals surface area (Å²) in [6.07, 6.45) is 10.9. The Labute approximate surface area is 225 Å². The van der Waals surface area contributed by atoms with Gasteiger partial charge >= 0.3 is 5.82 Å². The highest BCUT2D eigenvalue weighted by molar-refractivity contribution is 9.10. The minimum absolute atomic E-state index is 0.0165. The van der Waals surface area contributed by atoms with E-state index in [1.165, 1.54) is 12.0 Å². The number of rotatable bonds is 7. The van der Waals surface area contributed by atoms with Crippen LogP contribution in [0.5, 0.6) is 0 Å². The van der Waals surface area contributed by atoms with Crippen molar-refractivity contribution < 1.29 is 9.72 Å². The molecule has 1 amide bonds. The second-order valence-corrected chi connectivity index (χ2v) is 13.0. The van der Waals surface area contributed by atoms with Crippen LogP contribution in [-0.2, 0) is 23.4 Å². The first-order valence-electron chi connectivity index (χ1n) is 13.6. The minimum Gasteiger partial charge on any atom is -0.358 e. The fourth-order valence-electron chi connectivity index (χ4n) is 8.29. The van der Waals surface area contributed by atoms with Gasteiger partial charge in [-0.3, -0.25) is 14.4 Å². The van der Waals surface area contributed by atoms with Crippen molar-refractivity contribution in [1.29, 1.82) is 0 Å². The molecule has 4 aliphatic carbocycles. The summed E-state index contributed by atoms with van der Waals surface area (Å²) in [6, 6.07) is 0. The lowest BCUT2D eigenvalue weighted by Gasteiger charge is -2.61. The number of piperazine rings is 1. The van der Waals surface area contributed by atoms with Crippen LogP contribution in [0.1, 0.15) is 63.1 Å². The Morgan fingerprint density at radius 3 is 2.43 bits per heavy atom. The summed E-state index contributed by atoms with van der Waals surface area (Å²) in [4.78, 5) is 29.1. The smallest absolute Gasteiger partial charge is 0.358 e. The molecule has 1 saturated heterocycles. The van der Waals surface area contributed by atoms with Gasteiger partial charge in [-0.15, -0.1) is 0 Å². The van der Waals surface area contributed by atoms with Gasteiger partial charge in [0.15, 0.2) is 0 Å². The maximum absolute atomic E-state index is 13.6. The number of aryl methyl sites for hydroxylation is 2. The topological polar surface area (TPSA) is 102 Å². The number of nitro groups is 1. The standard InChI is InChI=1S/C26H36BrN7O3/c1-3-32-15-21(18(2)28-32)14-30-4-6-31(7-5-30)23(35)13-25-9-19-8-20(10-25)12-26(11-19,17-25)33-16-22(27)24(29-33)34(36)37/h15-16,19-20H,3-14,17H2,1-2H3. The number of hydrogen-bond donors (Lipinski definition) is 0. The second kappa shape index (κ2) is 9.18. The molecule has 1 aliphatic heterocycles. The Morgan fingerprint density at radius 1 is 1.14 bits per heavy atom. The number of aromatic nitrogens is 4. The van der Waals surface area contributed by atoms with E-state index in [1.54, 1.807) is 6.20 Å². The summed E-state index contributed by atoms with van der Waals surface area (Å²) in [7, 11) is 0. The van der Waals surface area contributed by atoms with E-state index in [4.69, 9.17) is 0 Å². The van der Waals surface area contributed by atoms with Crippen molar-refractivity contribution >= 4 is 27.7 Å². The van der Waals surface area contributed by atoms with Crippen LogP contribution in [0.25, 0.3) is 0 Å². The van der Waals surface area contributed by atoms with E-state index < -0.39 is 4.92 Å². The third-order valence-corrected chi connectivity index (χ3v) is 10.0. The molecule has 10 nitrogen and oxygen atoms in total. The maximum atomic E-state index is 13.6. The molecule has 3 heterocycles. The van der Waals surface area contributed by atoms with Crippen LogP contribution in [0.3, 0.4) is 0 Å². The summed E-state index contributed by atoms with van der Waals surface area (Å²) >= 11 is 3.34. The van der Waals surface area contributed by atoms with Gasteiger partial charge in [-0.2, -0.15) is 9.78 Å². The molecule has 2 unspecified atom stereocenters. The highest BCUT2D eigenvalue weighted by atomic mass is 79.9. The Bertz CT molecular complexity index is 1200. The zero-order chi connectivity index (χ0) is 25.9. The average Bonchev–Trinajstić information content (AvgIpc) is 3.41. The largest absolute Gasteiger partial charge is 0.404 e. The lowest BCUT2D eigenvalue weighted by Crippen LogP contribution is -2.58. The number of carbonyl (C=O) groups excluding carboxylic acids is 1. The number of nitrogens with zero attached hydrogens (tertiary/aromatic N) is 7. The van der Waals surface area contributed by atoms with Crippen molar-refractivity contribution in [2.24, 2.45) is 17.3 Å². The summed E-state index contributed by atoms with van der Waals surface area (Å²) < 4.78 is 4.31. The van der Waals surface area contributed by atoms with E-state index in [1.807, 2.05) is 9.36 Å². The Kier molecular flexibility index (Phi) is 6.21. The molecule has 200 valence electrons. The van der Waals surface area contributed by atoms with Crippen molar-refractivity contribution in [2.75, 3.05) is 26.2 Å². The molecule has 2 atom stereocenters. The number of hydrogen-bond acceptors (Lipinski definition) is 6. The number of halogens is 1. The Morgan fingerprint density at radius 2 is 1.84 bits per heavy atom. The molecule has 4 bridgehead atoms. The molecule has 2 aromatic rings. The summed E-state index contributed by atoms with van der Waals surface area (Å²) in [5, 5.41) is 20.4. The van der Waals surface area contributed by atoms with Gasteiger partial charge in [0, 0.05) is 57.4 Å². The van der Waals surface area contributed by atoms with Gasteiger partial charge in [-0.1, -0.05) is 0 Å². The molecule has 0 aromatic carbocycles. The van der Waals surface area contributed by atoms with Gasteiger partial charge in [0.1, 0.15) is 4.47 Å². The molecule has 37 heavy (non-hydrogen) atoms. The van der Waals surface area contributed by atoms with Gasteiger partial charge in [0.2, 0.25) is 5.91 Å². The van der Waals surface area contributed by atoms with Gasteiger partial charge in [0.25, 0.3) is 0 Å². The van der Waals surface area contributed by atoms with Crippen molar-refractivity contribution in [2.45, 2.75) is 77.4 Å². The number of amides is 1. The molecule has 11 heteroatoms. The second-order valence-electron chi connectivity index (χ2n) is 12.1. The zero-order valence-corrected chi connectivity index (χ0v) is 23.3. The summed E-state index contributed by atoms with van der Waals surface area (Å²) in [5.41, 5.74) is 2.13. The van der Waals surface area contributed by atoms with Crippen LogP contribution in [0, 0.1) is 34.3 Å². The molecule has 2 aromatic heterocycles. The fourth-order valence-corrected chi connectivity index (χ4v) is 8.71. The van der Waals surface area contributed by atoms with E-state index >= 15 is 0 Å². The lowest BCUT2D eigenvalue weighted by atomic mass is 9.46. The molecule has 0 N–H and O–H groups in total. The zero-order valence-electron chi connectivity index (χ0n) is 21.7. The van der Waals surface area contributed by atoms with Crippen molar-refractivity contribution in [1.82, 2.24) is 29.4 Å². The third kappa shape index (κ3) is 4.51. The average molecular weight is 575 g/mol. The summed E-state index contributed by atoms with van der Waals surface area (Å²) in [5.74, 6) is 1.30. The lowest BCUT2D eigenvalue weighted by molar-refractivity contribution is -0.390. The predicted octanol–water partition coefficient (Wildman–Crippen LogP) is 4.11. The maximum Gasteiger partial charge on any atom is 0.404 e. The van der Waals surface area contributed by atoms with Gasteiger partial charge in [0.05, 0.1) is 22.5 Å². The first kappa shape index (κ1) is 25.0. The molecular formula is C26H36BrN7O3. The Balaban J connectivity index is 1.12. The molecule has 7 rings (SSSR count). The predicted molar refractivity (Wildman–Crippen MR) is 141 cm³/mol. The van der Waals surface area contributed by atoms with Crippen molar-refractivity contribution in [3.63, 3.8) is 0 Å². The first-order chi connectivity index (χ1) is 17.7. The highest BCUT2D eigenvalue weighted by Crippen LogP contribution is 2.65. The van der Waals surface area contributed by atoms with Crippen LogP contribution < -0.4 is 0 Å². The van der Waals surface area contributed by atoms with Crippen molar-refractivity contribution in [3.05, 3.63) is 38.2 Å². The quantitative estimate of drug-likeness (QED) is 0.365. The minimum atomic E-state index is -0.419. The van der Waals surface area contributed by atoms with Crippen molar-refractivity contribution in [3.8, 4) is 0 Å². The van der Waals surface area contributed by atoms with E-state index in [0.29, 0.717) is 22.7 Å². The molecular weight excluding hydrogens is 538 g/mol. The monoisotopic (exact) mass is 573 g/mol. The summed E-state index contributed by atoms with van der Waals surface area (Å²) in [6.45, 7) is 9.24. The van der Waals surface area contributed by atoms with Crippen LogP contribution in [0.4, 0.5) is 5.82 Å². The van der Waals surface area contributed by atoms with E-state index in [0.717, 1.165) is 77.1 Å². The molecule has 5 fully saturated rings. The van der Waals surface area contributed by atoms with Gasteiger partial charge in [-0.25, -0.2) is 0 Å². The van der Waals surface area contributed by atoms with Crippen LogP contribution in [0.2, 0.25) is 0 Å². The van der Waals surface area contributed by atoms with Crippen LogP contribution >= 0.6 is 15.9 Å². The SMILES string of the molecule is CCn1cc(CN2CCN(C(=O)CC34CC5CC(C3)CC(n3cc(Br)c([N+](=O)[O-])n3)(C5)C4)CC2)c(C)n1. The normalized spacial score (nSPS) is 31.3. The van der Waals surface area contributed by atoms with E-state index in [-0.39, 0.29) is 22.7 Å². The Hall–Kier alpha value is -2.27.